The normalized spacial score (nSPS) is 10.2. The van der Waals surface area contributed by atoms with Crippen LogP contribution in [0.25, 0.3) is 0 Å². The highest BCUT2D eigenvalue weighted by Crippen LogP contribution is 2.19. The lowest BCUT2D eigenvalue weighted by atomic mass is 10.2. The van der Waals surface area contributed by atoms with Gasteiger partial charge in [-0.25, -0.2) is 4.79 Å². The Balaban J connectivity index is 2.15. The summed E-state index contributed by atoms with van der Waals surface area (Å²) in [5.41, 5.74) is 6.29. The van der Waals surface area contributed by atoms with Gasteiger partial charge < -0.3 is 20.5 Å². The number of ether oxygens (including phenoxy) is 2. The minimum absolute atomic E-state index is 0.330. The molecule has 0 fully saturated rings. The van der Waals surface area contributed by atoms with Gasteiger partial charge in [0.1, 0.15) is 12.4 Å². The van der Waals surface area contributed by atoms with Gasteiger partial charge in [0.15, 0.2) is 0 Å². The van der Waals surface area contributed by atoms with E-state index >= 15 is 0 Å². The van der Waals surface area contributed by atoms with Crippen LogP contribution in [0.15, 0.2) is 24.3 Å². The van der Waals surface area contributed by atoms with E-state index in [0.717, 1.165) is 0 Å². The fourth-order valence-corrected chi connectivity index (χ4v) is 1.22. The Kier molecular flexibility index (Phi) is 5.84. The number of rotatable bonds is 6. The summed E-state index contributed by atoms with van der Waals surface area (Å²) in [5.74, 6) is 0.950. The van der Waals surface area contributed by atoms with Crippen molar-refractivity contribution in [1.82, 2.24) is 5.32 Å². The lowest BCUT2D eigenvalue weighted by molar-refractivity contribution is 0.131. The topological polar surface area (TPSA) is 73.6 Å². The highest BCUT2D eigenvalue weighted by Gasteiger charge is 2.03. The molecule has 0 aromatic heterocycles. The largest absolute Gasteiger partial charge is 0.490 e. The van der Waals surface area contributed by atoms with Crippen LogP contribution in [-0.2, 0) is 4.74 Å². The van der Waals surface area contributed by atoms with Gasteiger partial charge in [0.2, 0.25) is 0 Å². The minimum Gasteiger partial charge on any atom is -0.490 e. The summed E-state index contributed by atoms with van der Waals surface area (Å²) < 4.78 is 10.4. The van der Waals surface area contributed by atoms with E-state index in [1.807, 2.05) is 26.0 Å². The molecule has 0 aliphatic heterocycles. The van der Waals surface area contributed by atoms with Crippen LogP contribution >= 0.6 is 0 Å². The summed E-state index contributed by atoms with van der Waals surface area (Å²) in [4.78, 5) is 11.2. The molecule has 3 N–H and O–H groups in total. The monoisotopic (exact) mass is 252 g/mol. The first-order valence-electron chi connectivity index (χ1n) is 5.97. The highest BCUT2D eigenvalue weighted by molar-refractivity contribution is 5.67. The summed E-state index contributed by atoms with van der Waals surface area (Å²) in [6.45, 7) is 5.11. The van der Waals surface area contributed by atoms with Crippen molar-refractivity contribution in [1.29, 1.82) is 0 Å². The molecule has 1 aromatic rings. The summed E-state index contributed by atoms with van der Waals surface area (Å²) in [7, 11) is 0. The van der Waals surface area contributed by atoms with E-state index in [4.69, 9.17) is 15.2 Å². The van der Waals surface area contributed by atoms with Gasteiger partial charge in [-0.2, -0.15) is 0 Å². The molecule has 0 aliphatic rings. The standard InChI is InChI=1S/C13H20N2O3/c1-10(2)9-18-13(16)15-7-8-17-12-6-4-3-5-11(12)14/h3-6,10H,7-9,14H2,1-2H3,(H,15,16). The first-order chi connectivity index (χ1) is 8.59. The molecular formula is C13H20N2O3. The minimum atomic E-state index is -0.423. The van der Waals surface area contributed by atoms with Crippen molar-refractivity contribution in [2.75, 3.05) is 25.5 Å². The molecule has 0 saturated carbocycles. The van der Waals surface area contributed by atoms with Crippen molar-refractivity contribution < 1.29 is 14.3 Å². The van der Waals surface area contributed by atoms with E-state index in [2.05, 4.69) is 5.32 Å². The van der Waals surface area contributed by atoms with E-state index in [1.165, 1.54) is 0 Å². The highest BCUT2D eigenvalue weighted by atomic mass is 16.5. The van der Waals surface area contributed by atoms with Gasteiger partial charge in [0.05, 0.1) is 18.8 Å². The summed E-state index contributed by atoms with van der Waals surface area (Å²) in [6, 6.07) is 7.23. The second kappa shape index (κ2) is 7.42. The van der Waals surface area contributed by atoms with Crippen LogP contribution in [0.3, 0.4) is 0 Å². The lowest BCUT2D eigenvalue weighted by Crippen LogP contribution is -2.29. The number of anilines is 1. The van der Waals surface area contributed by atoms with Crippen molar-refractivity contribution in [3.05, 3.63) is 24.3 Å². The Morgan fingerprint density at radius 2 is 2.11 bits per heavy atom. The molecule has 0 heterocycles. The van der Waals surface area contributed by atoms with Crippen molar-refractivity contribution in [3.8, 4) is 5.75 Å². The number of benzene rings is 1. The molecule has 1 rings (SSSR count). The number of amides is 1. The number of para-hydroxylation sites is 2. The third kappa shape index (κ3) is 5.43. The predicted molar refractivity (Wildman–Crippen MR) is 70.5 cm³/mol. The summed E-state index contributed by atoms with van der Waals surface area (Å²) in [5, 5.41) is 2.60. The molecule has 0 atom stereocenters. The van der Waals surface area contributed by atoms with Gasteiger partial charge >= 0.3 is 6.09 Å². The molecule has 0 radical (unpaired) electrons. The number of hydrogen-bond donors (Lipinski definition) is 2. The second-order valence-corrected chi connectivity index (χ2v) is 4.31. The quantitative estimate of drug-likeness (QED) is 0.600. The van der Waals surface area contributed by atoms with Crippen molar-refractivity contribution in [2.45, 2.75) is 13.8 Å². The molecule has 1 aromatic carbocycles. The Morgan fingerprint density at radius 3 is 2.78 bits per heavy atom. The summed E-state index contributed by atoms with van der Waals surface area (Å²) >= 11 is 0. The van der Waals surface area contributed by atoms with E-state index in [1.54, 1.807) is 12.1 Å². The van der Waals surface area contributed by atoms with Crippen LogP contribution in [0.4, 0.5) is 10.5 Å². The Morgan fingerprint density at radius 1 is 1.39 bits per heavy atom. The molecule has 5 nitrogen and oxygen atoms in total. The molecule has 0 saturated heterocycles. The molecule has 1 amide bonds. The van der Waals surface area contributed by atoms with Crippen molar-refractivity contribution in [3.63, 3.8) is 0 Å². The first kappa shape index (κ1) is 14.2. The third-order valence-electron chi connectivity index (χ3n) is 2.10. The molecule has 5 heteroatoms. The van der Waals surface area contributed by atoms with Crippen LogP contribution < -0.4 is 15.8 Å². The maximum absolute atomic E-state index is 11.2. The maximum Gasteiger partial charge on any atom is 0.407 e. The zero-order valence-electron chi connectivity index (χ0n) is 10.8. The van der Waals surface area contributed by atoms with Crippen molar-refractivity contribution in [2.24, 2.45) is 5.92 Å². The van der Waals surface area contributed by atoms with Crippen molar-refractivity contribution >= 4 is 11.8 Å². The van der Waals surface area contributed by atoms with E-state index in [-0.39, 0.29) is 0 Å². The Hall–Kier alpha value is -1.91. The van der Waals surface area contributed by atoms with E-state index < -0.39 is 6.09 Å². The first-order valence-corrected chi connectivity index (χ1v) is 5.97. The number of nitrogens with one attached hydrogen (secondary N) is 1. The fourth-order valence-electron chi connectivity index (χ4n) is 1.22. The number of hydrogen-bond acceptors (Lipinski definition) is 4. The average Bonchev–Trinajstić information content (AvgIpc) is 2.34. The molecule has 0 aliphatic carbocycles. The Bertz CT molecular complexity index is 380. The number of carbonyl (C=O) groups is 1. The SMILES string of the molecule is CC(C)COC(=O)NCCOc1ccccc1N. The molecular weight excluding hydrogens is 232 g/mol. The molecule has 100 valence electrons. The Labute approximate surface area is 107 Å². The number of alkyl carbamates (subject to hydrolysis) is 1. The lowest BCUT2D eigenvalue weighted by Gasteiger charge is -2.10. The van der Waals surface area contributed by atoms with Gasteiger partial charge in [-0.05, 0) is 18.1 Å². The van der Waals surface area contributed by atoms with E-state index in [9.17, 15) is 4.79 Å². The molecule has 0 spiro atoms. The molecule has 18 heavy (non-hydrogen) atoms. The fraction of sp³-hybridized carbons (Fsp3) is 0.462. The van der Waals surface area contributed by atoms with Gasteiger partial charge in [-0.3, -0.25) is 0 Å². The van der Waals surface area contributed by atoms with Gasteiger partial charge in [0, 0.05) is 0 Å². The predicted octanol–water partition coefficient (Wildman–Crippen LogP) is 2.03. The van der Waals surface area contributed by atoms with Gasteiger partial charge in [-0.15, -0.1) is 0 Å². The zero-order chi connectivity index (χ0) is 13.4. The molecule has 0 bridgehead atoms. The second-order valence-electron chi connectivity index (χ2n) is 4.31. The summed E-state index contributed by atoms with van der Waals surface area (Å²) in [6.07, 6.45) is -0.423. The maximum atomic E-state index is 11.2. The van der Waals surface area contributed by atoms with Crippen LogP contribution in [0.2, 0.25) is 0 Å². The average molecular weight is 252 g/mol. The zero-order valence-corrected chi connectivity index (χ0v) is 10.8. The van der Waals surface area contributed by atoms with E-state index in [0.29, 0.717) is 37.1 Å². The van der Waals surface area contributed by atoms with Crippen LogP contribution in [-0.4, -0.2) is 25.9 Å². The van der Waals surface area contributed by atoms with Gasteiger partial charge in [-0.1, -0.05) is 26.0 Å². The van der Waals surface area contributed by atoms with Crippen LogP contribution in [0.1, 0.15) is 13.8 Å². The van der Waals surface area contributed by atoms with Gasteiger partial charge in [0.25, 0.3) is 0 Å². The van der Waals surface area contributed by atoms with Crippen LogP contribution in [0, 0.1) is 5.92 Å². The number of nitrogens with two attached hydrogens (primary N) is 1. The number of nitrogen functional groups attached to an aromatic ring is 1. The van der Waals surface area contributed by atoms with Crippen LogP contribution in [0.5, 0.6) is 5.75 Å². The smallest absolute Gasteiger partial charge is 0.407 e. The third-order valence-corrected chi connectivity index (χ3v) is 2.10. The number of carbonyl (C=O) groups excluding carboxylic acids is 1. The molecule has 0 unspecified atom stereocenters.